The van der Waals surface area contributed by atoms with Crippen molar-refractivity contribution in [2.75, 3.05) is 7.05 Å². The van der Waals surface area contributed by atoms with Crippen molar-refractivity contribution in [2.45, 2.75) is 117 Å². The molecule has 2 heterocycles. The molecular weight excluding hydrogens is 490 g/mol. The fourth-order valence-electron chi connectivity index (χ4n) is 7.44. The molecule has 3 aliphatic rings. The van der Waals surface area contributed by atoms with E-state index < -0.39 is 47.4 Å². The SMILES string of the molecule is C=C1C[C@H]2O[C@H]([C@H]3[C@@H]2[C@](C)(OC(C)=O)[C@@H](OC(C)=O)C[C@@H]3C(C)C)[C@](C)(OC(C)=O)CC[C@@H]1N(C)C(C)=O. The van der Waals surface area contributed by atoms with Gasteiger partial charge < -0.3 is 23.8 Å². The molecule has 1 amide bonds. The van der Waals surface area contributed by atoms with Crippen LogP contribution in [0.1, 0.15) is 81.1 Å². The molecule has 2 aliphatic heterocycles. The largest absolute Gasteiger partial charge is 0.458 e. The Morgan fingerprint density at radius 3 is 2.13 bits per heavy atom. The van der Waals surface area contributed by atoms with Gasteiger partial charge in [0.15, 0.2) is 5.60 Å². The number of likely N-dealkylation sites (N-methyl/N-ethyl adjacent to an activating group) is 1. The van der Waals surface area contributed by atoms with Crippen LogP contribution in [0.25, 0.3) is 0 Å². The zero-order valence-electron chi connectivity index (χ0n) is 24.4. The first-order valence-corrected chi connectivity index (χ1v) is 13.6. The van der Waals surface area contributed by atoms with Crippen LogP contribution in [0.4, 0.5) is 0 Å². The summed E-state index contributed by atoms with van der Waals surface area (Å²) in [5.41, 5.74) is -1.35. The molecule has 9 atom stereocenters. The molecule has 0 aromatic rings. The van der Waals surface area contributed by atoms with Gasteiger partial charge in [-0.2, -0.15) is 0 Å². The van der Waals surface area contributed by atoms with E-state index in [9.17, 15) is 19.2 Å². The van der Waals surface area contributed by atoms with Crippen LogP contribution < -0.4 is 0 Å². The van der Waals surface area contributed by atoms with Crippen LogP contribution in [0.2, 0.25) is 0 Å². The Bertz CT molecular complexity index is 978. The molecule has 214 valence electrons. The van der Waals surface area contributed by atoms with E-state index in [1.54, 1.807) is 11.9 Å². The number of carbonyl (C=O) groups excluding carboxylic acids is 4. The Labute approximate surface area is 226 Å². The third kappa shape index (κ3) is 5.63. The maximum atomic E-state index is 12.5. The van der Waals surface area contributed by atoms with Crippen LogP contribution in [0.3, 0.4) is 0 Å². The molecule has 3 rings (SSSR count). The lowest BCUT2D eigenvalue weighted by Gasteiger charge is -2.53. The number of ether oxygens (including phenoxy) is 4. The summed E-state index contributed by atoms with van der Waals surface area (Å²) in [5.74, 6) is -1.70. The highest BCUT2D eigenvalue weighted by Crippen LogP contribution is 2.59. The molecule has 0 spiro atoms. The predicted octanol–water partition coefficient (Wildman–Crippen LogP) is 3.82. The molecular formula is C29H45NO8. The Hall–Kier alpha value is -2.42. The minimum atomic E-state index is -1.18. The monoisotopic (exact) mass is 535 g/mol. The quantitative estimate of drug-likeness (QED) is 0.297. The van der Waals surface area contributed by atoms with Crippen molar-refractivity contribution in [3.63, 3.8) is 0 Å². The highest BCUT2D eigenvalue weighted by molar-refractivity contribution is 5.73. The fraction of sp³-hybridized carbons (Fsp3) is 0.793. The number of rotatable bonds is 5. The molecule has 2 saturated heterocycles. The van der Waals surface area contributed by atoms with Crippen molar-refractivity contribution in [2.24, 2.45) is 23.7 Å². The highest BCUT2D eigenvalue weighted by Gasteiger charge is 2.67. The minimum absolute atomic E-state index is 0.0428. The zero-order chi connectivity index (χ0) is 28.7. The summed E-state index contributed by atoms with van der Waals surface area (Å²) in [7, 11) is 1.75. The zero-order valence-corrected chi connectivity index (χ0v) is 24.4. The van der Waals surface area contributed by atoms with Crippen LogP contribution >= 0.6 is 0 Å². The van der Waals surface area contributed by atoms with Crippen LogP contribution in [-0.2, 0) is 38.1 Å². The molecule has 2 bridgehead atoms. The third-order valence-electron chi connectivity index (χ3n) is 9.09. The topological polar surface area (TPSA) is 108 Å². The number of nitrogens with zero attached hydrogens (tertiary/aromatic N) is 1. The minimum Gasteiger partial charge on any atom is -0.458 e. The first kappa shape index (κ1) is 30.1. The Morgan fingerprint density at radius 1 is 1.03 bits per heavy atom. The molecule has 0 aromatic heterocycles. The maximum Gasteiger partial charge on any atom is 0.303 e. The van der Waals surface area contributed by atoms with E-state index in [0.29, 0.717) is 25.7 Å². The standard InChI is InChI=1S/C29H45NO8/c1-15(2)21-14-24(35-18(5)32)29(9,38-20(7)34)26-23-13-16(3)22(30(10)17(4)31)11-12-28(8,37-19(6)33)27(36-23)25(21)26/h15,21-27H,3,11-14H2,1-2,4-10H3/t21-,22+,23-,24+,25-,26-,27-,28-,29-/m1/s1. The van der Waals surface area contributed by atoms with Gasteiger partial charge in [0.05, 0.1) is 12.1 Å². The van der Waals surface area contributed by atoms with E-state index in [2.05, 4.69) is 20.4 Å². The molecule has 0 radical (unpaired) electrons. The fourth-order valence-corrected chi connectivity index (χ4v) is 7.44. The Kier molecular flexibility index (Phi) is 8.71. The second-order valence-electron chi connectivity index (χ2n) is 12.2. The smallest absolute Gasteiger partial charge is 0.303 e. The number of fused-ring (bicyclic) bond motifs is 5. The molecule has 1 saturated carbocycles. The molecule has 0 unspecified atom stereocenters. The molecule has 1 aliphatic carbocycles. The van der Waals surface area contributed by atoms with Crippen molar-refractivity contribution in [3.05, 3.63) is 12.2 Å². The van der Waals surface area contributed by atoms with Gasteiger partial charge in [0.25, 0.3) is 0 Å². The number of hydrogen-bond donors (Lipinski definition) is 0. The van der Waals surface area contributed by atoms with Crippen LogP contribution in [-0.4, -0.2) is 71.3 Å². The van der Waals surface area contributed by atoms with Gasteiger partial charge in [0, 0.05) is 46.6 Å². The summed E-state index contributed by atoms with van der Waals surface area (Å²) in [6.45, 7) is 17.9. The normalized spacial score (nSPS) is 38.8. The second kappa shape index (κ2) is 11.0. The van der Waals surface area contributed by atoms with Gasteiger partial charge in [0.2, 0.25) is 5.91 Å². The van der Waals surface area contributed by atoms with Crippen molar-refractivity contribution in [1.82, 2.24) is 4.90 Å². The third-order valence-corrected chi connectivity index (χ3v) is 9.09. The van der Waals surface area contributed by atoms with Gasteiger partial charge in [-0.3, -0.25) is 19.2 Å². The number of amides is 1. The highest BCUT2D eigenvalue weighted by atomic mass is 16.6. The summed E-state index contributed by atoms with van der Waals surface area (Å²) >= 11 is 0. The summed E-state index contributed by atoms with van der Waals surface area (Å²) in [6.07, 6.45) is 0.304. The number of esters is 3. The average Bonchev–Trinajstić information content (AvgIpc) is 3.16. The maximum absolute atomic E-state index is 12.5. The average molecular weight is 536 g/mol. The molecule has 9 heteroatoms. The van der Waals surface area contributed by atoms with Gasteiger partial charge in [-0.1, -0.05) is 26.0 Å². The van der Waals surface area contributed by atoms with E-state index in [1.165, 1.54) is 27.7 Å². The van der Waals surface area contributed by atoms with Gasteiger partial charge in [-0.15, -0.1) is 0 Å². The van der Waals surface area contributed by atoms with Crippen molar-refractivity contribution in [3.8, 4) is 0 Å². The Balaban J connectivity index is 2.22. The summed E-state index contributed by atoms with van der Waals surface area (Å²) in [5, 5.41) is 0. The van der Waals surface area contributed by atoms with Crippen molar-refractivity contribution < 1.29 is 38.1 Å². The molecule has 3 fully saturated rings. The second-order valence-corrected chi connectivity index (χ2v) is 12.2. The first-order chi connectivity index (χ1) is 17.5. The molecule has 0 aromatic carbocycles. The number of hydrogen-bond acceptors (Lipinski definition) is 8. The summed E-state index contributed by atoms with van der Waals surface area (Å²) < 4.78 is 24.8. The predicted molar refractivity (Wildman–Crippen MR) is 140 cm³/mol. The van der Waals surface area contributed by atoms with Gasteiger partial charge in [-0.25, -0.2) is 0 Å². The van der Waals surface area contributed by atoms with E-state index in [1.807, 2.05) is 13.8 Å². The lowest BCUT2D eigenvalue weighted by molar-refractivity contribution is -0.215. The van der Waals surface area contributed by atoms with Gasteiger partial charge in [-0.05, 0) is 51.4 Å². The van der Waals surface area contributed by atoms with E-state index >= 15 is 0 Å². The lowest BCUT2D eigenvalue weighted by Crippen LogP contribution is -2.63. The molecule has 38 heavy (non-hydrogen) atoms. The van der Waals surface area contributed by atoms with Gasteiger partial charge >= 0.3 is 17.9 Å². The van der Waals surface area contributed by atoms with E-state index in [0.717, 1.165) is 5.57 Å². The summed E-state index contributed by atoms with van der Waals surface area (Å²) in [6, 6.07) is -0.280. The van der Waals surface area contributed by atoms with E-state index in [-0.39, 0.29) is 35.6 Å². The van der Waals surface area contributed by atoms with E-state index in [4.69, 9.17) is 18.9 Å². The molecule has 0 N–H and O–H groups in total. The van der Waals surface area contributed by atoms with Gasteiger partial charge in [0.1, 0.15) is 17.8 Å². The Morgan fingerprint density at radius 2 is 1.63 bits per heavy atom. The first-order valence-electron chi connectivity index (χ1n) is 13.6. The summed E-state index contributed by atoms with van der Waals surface area (Å²) in [4.78, 5) is 51.1. The number of carbonyl (C=O) groups is 4. The molecule has 9 nitrogen and oxygen atoms in total. The van der Waals surface area contributed by atoms with Crippen molar-refractivity contribution >= 4 is 23.8 Å². The lowest BCUT2D eigenvalue weighted by atomic mass is 9.56. The van der Waals surface area contributed by atoms with Crippen molar-refractivity contribution in [1.29, 1.82) is 0 Å². The van der Waals surface area contributed by atoms with Crippen LogP contribution in [0.5, 0.6) is 0 Å². The van der Waals surface area contributed by atoms with Crippen LogP contribution in [0, 0.1) is 23.7 Å². The van der Waals surface area contributed by atoms with Crippen LogP contribution in [0.15, 0.2) is 12.2 Å².